The van der Waals surface area contributed by atoms with Gasteiger partial charge in [-0.05, 0) is 25.3 Å². The van der Waals surface area contributed by atoms with Crippen molar-refractivity contribution in [3.8, 4) is 0 Å². The summed E-state index contributed by atoms with van der Waals surface area (Å²) in [5.41, 5.74) is 1.36. The standard InChI is InChI=1S/C19H31N3O2/c1-16-13-18(21(2)19(23)14-20-10-12-24-3)9-11-22(16)15-17-7-5-4-6-8-17/h4-8,16,18,20H,9-15H2,1-3H3. The van der Waals surface area contributed by atoms with E-state index in [1.165, 1.54) is 5.56 Å². The van der Waals surface area contributed by atoms with Crippen LogP contribution in [-0.2, 0) is 16.1 Å². The Hall–Kier alpha value is -1.43. The van der Waals surface area contributed by atoms with Crippen LogP contribution in [0.15, 0.2) is 30.3 Å². The minimum atomic E-state index is 0.166. The first kappa shape index (κ1) is 18.9. The van der Waals surface area contributed by atoms with Gasteiger partial charge in [-0.15, -0.1) is 0 Å². The molecule has 1 fully saturated rings. The van der Waals surface area contributed by atoms with Gasteiger partial charge in [-0.1, -0.05) is 30.3 Å². The van der Waals surface area contributed by atoms with E-state index < -0.39 is 0 Å². The van der Waals surface area contributed by atoms with Crippen molar-refractivity contribution in [2.75, 3.05) is 40.4 Å². The molecule has 0 saturated carbocycles. The van der Waals surface area contributed by atoms with Crippen molar-refractivity contribution in [1.29, 1.82) is 0 Å². The van der Waals surface area contributed by atoms with E-state index in [4.69, 9.17) is 4.74 Å². The Labute approximate surface area is 146 Å². The molecule has 0 aliphatic carbocycles. The van der Waals surface area contributed by atoms with Gasteiger partial charge >= 0.3 is 0 Å². The van der Waals surface area contributed by atoms with Gasteiger partial charge in [0.25, 0.3) is 0 Å². The number of nitrogens with one attached hydrogen (secondary N) is 1. The van der Waals surface area contributed by atoms with Crippen molar-refractivity contribution in [3.05, 3.63) is 35.9 Å². The van der Waals surface area contributed by atoms with Crippen LogP contribution >= 0.6 is 0 Å². The largest absolute Gasteiger partial charge is 0.383 e. The molecule has 1 aromatic carbocycles. The molecule has 5 heteroatoms. The second kappa shape index (κ2) is 9.77. The van der Waals surface area contributed by atoms with Gasteiger partial charge in [0.2, 0.25) is 5.91 Å². The molecule has 0 aromatic heterocycles. The Morgan fingerprint density at radius 3 is 2.79 bits per heavy atom. The Bertz CT molecular complexity index is 495. The highest BCUT2D eigenvalue weighted by Crippen LogP contribution is 2.22. The summed E-state index contributed by atoms with van der Waals surface area (Å²) in [6.07, 6.45) is 2.07. The zero-order chi connectivity index (χ0) is 17.4. The Morgan fingerprint density at radius 2 is 2.12 bits per heavy atom. The summed E-state index contributed by atoms with van der Waals surface area (Å²) in [5, 5.41) is 3.13. The molecule has 134 valence electrons. The third-order valence-corrected chi connectivity index (χ3v) is 4.91. The molecule has 2 atom stereocenters. The molecule has 1 amide bonds. The number of rotatable bonds is 8. The highest BCUT2D eigenvalue weighted by atomic mass is 16.5. The number of methoxy groups -OCH3 is 1. The van der Waals surface area contributed by atoms with Crippen LogP contribution in [0.5, 0.6) is 0 Å². The van der Waals surface area contributed by atoms with E-state index in [-0.39, 0.29) is 5.91 Å². The molecule has 1 heterocycles. The highest BCUT2D eigenvalue weighted by Gasteiger charge is 2.29. The Balaban J connectivity index is 1.78. The second-order valence-corrected chi connectivity index (χ2v) is 6.66. The molecule has 24 heavy (non-hydrogen) atoms. The molecule has 0 radical (unpaired) electrons. The first-order chi connectivity index (χ1) is 11.6. The molecular formula is C19H31N3O2. The normalized spacial score (nSPS) is 21.6. The zero-order valence-electron chi connectivity index (χ0n) is 15.2. The molecule has 1 saturated heterocycles. The maximum Gasteiger partial charge on any atom is 0.236 e. The van der Waals surface area contributed by atoms with Crippen molar-refractivity contribution in [2.24, 2.45) is 0 Å². The first-order valence-corrected chi connectivity index (χ1v) is 8.85. The van der Waals surface area contributed by atoms with Gasteiger partial charge < -0.3 is 15.0 Å². The molecule has 1 aromatic rings. The van der Waals surface area contributed by atoms with Crippen LogP contribution in [0.1, 0.15) is 25.3 Å². The van der Waals surface area contributed by atoms with E-state index in [0.717, 1.165) is 25.9 Å². The zero-order valence-corrected chi connectivity index (χ0v) is 15.2. The van der Waals surface area contributed by atoms with Gasteiger partial charge in [-0.25, -0.2) is 0 Å². The second-order valence-electron chi connectivity index (χ2n) is 6.66. The molecule has 1 N–H and O–H groups in total. The third kappa shape index (κ3) is 5.58. The topological polar surface area (TPSA) is 44.8 Å². The fourth-order valence-electron chi connectivity index (χ4n) is 3.30. The van der Waals surface area contributed by atoms with Crippen LogP contribution in [0.3, 0.4) is 0 Å². The van der Waals surface area contributed by atoms with Crippen LogP contribution in [0, 0.1) is 0 Å². The smallest absolute Gasteiger partial charge is 0.236 e. The fraction of sp³-hybridized carbons (Fsp3) is 0.632. The van der Waals surface area contributed by atoms with Crippen molar-refractivity contribution in [1.82, 2.24) is 15.1 Å². The fourth-order valence-corrected chi connectivity index (χ4v) is 3.30. The quantitative estimate of drug-likeness (QED) is 0.736. The summed E-state index contributed by atoms with van der Waals surface area (Å²) < 4.78 is 4.98. The van der Waals surface area contributed by atoms with Gasteiger partial charge in [0.15, 0.2) is 0 Å². The first-order valence-electron chi connectivity index (χ1n) is 8.85. The minimum Gasteiger partial charge on any atom is -0.383 e. The molecule has 0 spiro atoms. The van der Waals surface area contributed by atoms with Crippen molar-refractivity contribution in [3.63, 3.8) is 0 Å². The average molecular weight is 333 g/mol. The predicted octanol–water partition coefficient (Wildman–Crippen LogP) is 1.73. The van der Waals surface area contributed by atoms with Crippen molar-refractivity contribution in [2.45, 2.75) is 38.4 Å². The number of hydrogen-bond donors (Lipinski definition) is 1. The number of amides is 1. The summed E-state index contributed by atoms with van der Waals surface area (Å²) in [4.78, 5) is 16.7. The Kier molecular flexibility index (Phi) is 7.69. The van der Waals surface area contributed by atoms with E-state index in [1.54, 1.807) is 7.11 Å². The summed E-state index contributed by atoms with van der Waals surface area (Å²) >= 11 is 0. The number of likely N-dealkylation sites (N-methyl/N-ethyl adjacent to an activating group) is 1. The maximum atomic E-state index is 12.3. The molecule has 0 bridgehead atoms. The Morgan fingerprint density at radius 1 is 1.38 bits per heavy atom. The van der Waals surface area contributed by atoms with E-state index in [0.29, 0.717) is 31.8 Å². The van der Waals surface area contributed by atoms with Crippen LogP contribution < -0.4 is 5.32 Å². The van der Waals surface area contributed by atoms with Crippen LogP contribution in [-0.4, -0.2) is 68.2 Å². The van der Waals surface area contributed by atoms with Crippen LogP contribution in [0.25, 0.3) is 0 Å². The molecule has 2 unspecified atom stereocenters. The van der Waals surface area contributed by atoms with Crippen LogP contribution in [0.4, 0.5) is 0 Å². The number of benzene rings is 1. The predicted molar refractivity (Wildman–Crippen MR) is 96.9 cm³/mol. The van der Waals surface area contributed by atoms with Gasteiger partial charge in [-0.3, -0.25) is 9.69 Å². The lowest BCUT2D eigenvalue weighted by Crippen LogP contribution is -2.50. The maximum absolute atomic E-state index is 12.3. The van der Waals surface area contributed by atoms with E-state index in [2.05, 4.69) is 47.5 Å². The molecular weight excluding hydrogens is 302 g/mol. The molecule has 1 aliphatic heterocycles. The lowest BCUT2D eigenvalue weighted by Gasteiger charge is -2.41. The summed E-state index contributed by atoms with van der Waals surface area (Å²) in [6.45, 7) is 6.02. The number of carbonyl (C=O) groups excluding carboxylic acids is 1. The number of hydrogen-bond acceptors (Lipinski definition) is 4. The van der Waals surface area contributed by atoms with Gasteiger partial charge in [-0.2, -0.15) is 0 Å². The molecule has 2 rings (SSSR count). The summed E-state index contributed by atoms with van der Waals surface area (Å²) in [6, 6.07) is 11.4. The van der Waals surface area contributed by atoms with E-state index >= 15 is 0 Å². The SMILES string of the molecule is COCCNCC(=O)N(C)C1CCN(Cc2ccccc2)C(C)C1. The van der Waals surface area contributed by atoms with Gasteiger partial charge in [0, 0.05) is 45.9 Å². The lowest BCUT2D eigenvalue weighted by molar-refractivity contribution is -0.132. The highest BCUT2D eigenvalue weighted by molar-refractivity contribution is 5.78. The van der Waals surface area contributed by atoms with E-state index in [1.807, 2.05) is 11.9 Å². The minimum absolute atomic E-state index is 0.166. The van der Waals surface area contributed by atoms with Crippen molar-refractivity contribution >= 4 is 5.91 Å². The van der Waals surface area contributed by atoms with Gasteiger partial charge in [0.05, 0.1) is 13.2 Å². The van der Waals surface area contributed by atoms with Crippen molar-refractivity contribution < 1.29 is 9.53 Å². The molecule has 1 aliphatic rings. The number of piperidine rings is 1. The number of likely N-dealkylation sites (tertiary alicyclic amines) is 1. The third-order valence-electron chi connectivity index (χ3n) is 4.91. The number of ether oxygens (including phenoxy) is 1. The van der Waals surface area contributed by atoms with Gasteiger partial charge in [0.1, 0.15) is 0 Å². The summed E-state index contributed by atoms with van der Waals surface area (Å²) in [7, 11) is 3.60. The number of nitrogens with zero attached hydrogens (tertiary/aromatic N) is 2. The molecule has 5 nitrogen and oxygen atoms in total. The summed E-state index contributed by atoms with van der Waals surface area (Å²) in [5.74, 6) is 0.166. The van der Waals surface area contributed by atoms with E-state index in [9.17, 15) is 4.79 Å². The average Bonchev–Trinajstić information content (AvgIpc) is 2.60. The lowest BCUT2D eigenvalue weighted by atomic mass is 9.96. The monoisotopic (exact) mass is 333 g/mol. The van der Waals surface area contributed by atoms with Crippen LogP contribution in [0.2, 0.25) is 0 Å². The number of carbonyl (C=O) groups is 1.